The second kappa shape index (κ2) is 10.1. The highest BCUT2D eigenvalue weighted by molar-refractivity contribution is 5.80. The van der Waals surface area contributed by atoms with Crippen molar-refractivity contribution in [3.8, 4) is 0 Å². The number of carbonyl (C=O) groups excluding carboxylic acids is 2. The van der Waals surface area contributed by atoms with Gasteiger partial charge in [-0.3, -0.25) is 9.79 Å². The second-order valence-corrected chi connectivity index (χ2v) is 6.90. The van der Waals surface area contributed by atoms with Gasteiger partial charge in [0.15, 0.2) is 5.96 Å². The van der Waals surface area contributed by atoms with Gasteiger partial charge in [-0.2, -0.15) is 0 Å². The molecule has 25 heavy (non-hydrogen) atoms. The van der Waals surface area contributed by atoms with Gasteiger partial charge in [-0.15, -0.1) is 0 Å². The van der Waals surface area contributed by atoms with Gasteiger partial charge in [0.2, 0.25) is 0 Å². The number of ether oxygens (including phenoxy) is 2. The number of hydrogen-bond acceptors (Lipinski definition) is 5. The minimum Gasteiger partial charge on any atom is -0.466 e. The van der Waals surface area contributed by atoms with Crippen molar-refractivity contribution in [1.82, 2.24) is 15.5 Å². The van der Waals surface area contributed by atoms with Crippen LogP contribution in [0.15, 0.2) is 4.99 Å². The first-order chi connectivity index (χ1) is 11.7. The second-order valence-electron chi connectivity index (χ2n) is 6.90. The number of hydrogen-bond donors (Lipinski definition) is 2. The van der Waals surface area contributed by atoms with Crippen LogP contribution < -0.4 is 10.6 Å². The van der Waals surface area contributed by atoms with Crippen LogP contribution in [-0.2, 0) is 14.3 Å². The summed E-state index contributed by atoms with van der Waals surface area (Å²) in [5.41, 5.74) is -0.481. The molecule has 8 nitrogen and oxygen atoms in total. The van der Waals surface area contributed by atoms with Gasteiger partial charge < -0.3 is 25.0 Å². The van der Waals surface area contributed by atoms with E-state index >= 15 is 0 Å². The maximum absolute atomic E-state index is 11.9. The summed E-state index contributed by atoms with van der Waals surface area (Å²) >= 11 is 0. The maximum atomic E-state index is 11.9. The van der Waals surface area contributed by atoms with Gasteiger partial charge in [0, 0.05) is 32.6 Å². The summed E-state index contributed by atoms with van der Waals surface area (Å²) in [7, 11) is 0. The van der Waals surface area contributed by atoms with Crippen LogP contribution in [0.2, 0.25) is 0 Å². The Morgan fingerprint density at radius 3 is 2.48 bits per heavy atom. The van der Waals surface area contributed by atoms with E-state index in [9.17, 15) is 9.59 Å². The number of nitrogens with zero attached hydrogens (tertiary/aromatic N) is 2. The predicted molar refractivity (Wildman–Crippen MR) is 96.6 cm³/mol. The molecule has 0 saturated carbocycles. The molecule has 0 aromatic heterocycles. The fraction of sp³-hybridized carbons (Fsp3) is 0.824. The van der Waals surface area contributed by atoms with Crippen LogP contribution in [0.4, 0.5) is 4.79 Å². The molecule has 1 saturated heterocycles. The third-order valence-electron chi connectivity index (χ3n) is 3.33. The number of amides is 1. The molecule has 0 aromatic rings. The lowest BCUT2D eigenvalue weighted by Gasteiger charge is -2.40. The molecule has 1 heterocycles. The zero-order chi connectivity index (χ0) is 18.9. The van der Waals surface area contributed by atoms with Gasteiger partial charge in [-0.05, 0) is 41.0 Å². The summed E-state index contributed by atoms with van der Waals surface area (Å²) in [4.78, 5) is 29.3. The Morgan fingerprint density at radius 2 is 1.92 bits per heavy atom. The van der Waals surface area contributed by atoms with Gasteiger partial charge in [0.25, 0.3) is 0 Å². The van der Waals surface area contributed by atoms with Gasteiger partial charge >= 0.3 is 12.1 Å². The summed E-state index contributed by atoms with van der Waals surface area (Å²) in [5.74, 6) is 0.503. The number of rotatable bonds is 7. The van der Waals surface area contributed by atoms with Crippen molar-refractivity contribution in [2.75, 3.05) is 32.8 Å². The van der Waals surface area contributed by atoms with E-state index in [2.05, 4.69) is 15.6 Å². The zero-order valence-electron chi connectivity index (χ0n) is 16.1. The van der Waals surface area contributed by atoms with Crippen molar-refractivity contribution in [1.29, 1.82) is 0 Å². The smallest absolute Gasteiger partial charge is 0.410 e. The topological polar surface area (TPSA) is 92.3 Å². The summed E-state index contributed by atoms with van der Waals surface area (Å²) in [6.07, 6.45) is 0.721. The third kappa shape index (κ3) is 8.60. The molecule has 144 valence electrons. The summed E-state index contributed by atoms with van der Waals surface area (Å²) in [6.45, 7) is 12.2. The van der Waals surface area contributed by atoms with E-state index in [1.165, 1.54) is 0 Å². The van der Waals surface area contributed by atoms with Crippen molar-refractivity contribution in [3.63, 3.8) is 0 Å². The fourth-order valence-electron chi connectivity index (χ4n) is 2.21. The monoisotopic (exact) mass is 356 g/mol. The molecule has 1 aliphatic rings. The summed E-state index contributed by atoms with van der Waals surface area (Å²) < 4.78 is 10.2. The lowest BCUT2D eigenvalue weighted by molar-refractivity contribution is -0.143. The predicted octanol–water partition coefficient (Wildman–Crippen LogP) is 1.50. The number of carbonyl (C=O) groups is 2. The Morgan fingerprint density at radius 1 is 1.24 bits per heavy atom. The van der Waals surface area contributed by atoms with E-state index in [0.717, 1.165) is 6.54 Å². The van der Waals surface area contributed by atoms with Crippen LogP contribution >= 0.6 is 0 Å². The highest BCUT2D eigenvalue weighted by Gasteiger charge is 2.34. The molecule has 0 radical (unpaired) electrons. The number of aliphatic imine (C=N–C) groups is 1. The van der Waals surface area contributed by atoms with Crippen molar-refractivity contribution < 1.29 is 19.1 Å². The van der Waals surface area contributed by atoms with E-state index in [1.807, 2.05) is 27.7 Å². The van der Waals surface area contributed by atoms with E-state index in [1.54, 1.807) is 11.8 Å². The van der Waals surface area contributed by atoms with Crippen LogP contribution in [0.25, 0.3) is 0 Å². The molecule has 0 aromatic carbocycles. The molecule has 0 aliphatic carbocycles. The lowest BCUT2D eigenvalue weighted by Crippen LogP contribution is -2.63. The summed E-state index contributed by atoms with van der Waals surface area (Å²) in [5, 5.41) is 6.45. The Hall–Kier alpha value is -1.99. The van der Waals surface area contributed by atoms with Crippen LogP contribution in [-0.4, -0.2) is 67.4 Å². The molecular weight excluding hydrogens is 324 g/mol. The van der Waals surface area contributed by atoms with Gasteiger partial charge in [-0.1, -0.05) is 0 Å². The van der Waals surface area contributed by atoms with E-state index < -0.39 is 5.60 Å². The zero-order valence-corrected chi connectivity index (χ0v) is 16.1. The molecule has 0 spiro atoms. The van der Waals surface area contributed by atoms with Crippen molar-refractivity contribution in [3.05, 3.63) is 0 Å². The van der Waals surface area contributed by atoms with Gasteiger partial charge in [-0.25, -0.2) is 4.79 Å². The molecule has 2 N–H and O–H groups in total. The Balaban J connectivity index is 2.33. The van der Waals surface area contributed by atoms with Crippen molar-refractivity contribution in [2.45, 2.75) is 59.1 Å². The Bertz CT molecular complexity index is 468. The number of likely N-dealkylation sites (tertiary alicyclic amines) is 1. The van der Waals surface area contributed by atoms with Crippen molar-refractivity contribution in [2.24, 2.45) is 4.99 Å². The molecule has 0 unspecified atom stereocenters. The number of nitrogens with one attached hydrogen (secondary N) is 2. The first-order valence-electron chi connectivity index (χ1n) is 8.93. The number of guanidine groups is 1. The van der Waals surface area contributed by atoms with E-state index in [4.69, 9.17) is 9.47 Å². The minimum atomic E-state index is -0.481. The third-order valence-corrected chi connectivity index (χ3v) is 3.33. The molecule has 1 amide bonds. The Labute approximate surface area is 150 Å². The van der Waals surface area contributed by atoms with E-state index in [-0.39, 0.29) is 18.1 Å². The largest absolute Gasteiger partial charge is 0.466 e. The molecule has 0 atom stereocenters. The molecule has 1 aliphatic heterocycles. The van der Waals surface area contributed by atoms with E-state index in [0.29, 0.717) is 45.0 Å². The molecule has 8 heteroatoms. The maximum Gasteiger partial charge on any atom is 0.410 e. The van der Waals surface area contributed by atoms with Crippen molar-refractivity contribution >= 4 is 18.0 Å². The van der Waals surface area contributed by atoms with Crippen LogP contribution in [0, 0.1) is 0 Å². The highest BCUT2D eigenvalue weighted by atomic mass is 16.6. The van der Waals surface area contributed by atoms with Crippen LogP contribution in [0.3, 0.4) is 0 Å². The minimum absolute atomic E-state index is 0.148. The quantitative estimate of drug-likeness (QED) is 0.311. The summed E-state index contributed by atoms with van der Waals surface area (Å²) in [6, 6.07) is 0.148. The van der Waals surface area contributed by atoms with Gasteiger partial charge in [0.1, 0.15) is 5.60 Å². The highest BCUT2D eigenvalue weighted by Crippen LogP contribution is 2.15. The SMILES string of the molecule is CCNC(=NCCCC(=O)OCC)NC1CN(C(=O)OC(C)(C)C)C1. The normalized spacial score (nSPS) is 15.4. The lowest BCUT2D eigenvalue weighted by atomic mass is 10.1. The molecular formula is C17H32N4O4. The number of esters is 1. The van der Waals surface area contributed by atoms with Gasteiger partial charge in [0.05, 0.1) is 12.6 Å². The standard InChI is InChI=1S/C17H32N4O4/c1-6-18-15(19-10-8-9-14(22)24-7-2)20-13-11-21(12-13)16(23)25-17(3,4)5/h13H,6-12H2,1-5H3,(H2,18,19,20). The van der Waals surface area contributed by atoms with Crippen LogP contribution in [0.1, 0.15) is 47.5 Å². The molecule has 1 fully saturated rings. The fourth-order valence-corrected chi connectivity index (χ4v) is 2.21. The first kappa shape index (κ1) is 21.1. The van der Waals surface area contributed by atoms with Crippen LogP contribution in [0.5, 0.6) is 0 Å². The Kier molecular flexibility index (Phi) is 8.51. The average Bonchev–Trinajstić information content (AvgIpc) is 2.44. The molecule has 1 rings (SSSR count). The molecule has 0 bridgehead atoms. The average molecular weight is 356 g/mol. The first-order valence-corrected chi connectivity index (χ1v) is 8.93.